The minimum Gasteiger partial charge on any atom is -0.384 e. The van der Waals surface area contributed by atoms with Gasteiger partial charge >= 0.3 is 0 Å². The lowest BCUT2D eigenvalue weighted by molar-refractivity contribution is -0.0783. The third kappa shape index (κ3) is 4.44. The van der Waals surface area contributed by atoms with Gasteiger partial charge in [-0.3, -0.25) is 4.79 Å². The zero-order chi connectivity index (χ0) is 27.6. The van der Waals surface area contributed by atoms with E-state index in [4.69, 9.17) is 0 Å². The summed E-state index contributed by atoms with van der Waals surface area (Å²) in [7, 11) is 0. The standard InChI is InChI=1S/C35H30N2O2/c1-24-13-17-26(18-14-24)30-21-35(39,29-11-7-4-8-12-29)32(33(38)28-9-5-3-6-10-28)31(34(30,22-36)23-37)27-19-15-25(2)16-20-27/h3-20,30-32,39H,21H2,1-2H3/t30-,31+,32+,35-/m1/s1. The molecule has 0 bridgehead atoms. The largest absolute Gasteiger partial charge is 0.384 e. The minimum atomic E-state index is -1.64. The Balaban J connectivity index is 1.85. The summed E-state index contributed by atoms with van der Waals surface area (Å²) in [6.07, 6.45) is 0.0484. The maximum atomic E-state index is 14.5. The van der Waals surface area contributed by atoms with Crippen LogP contribution < -0.4 is 0 Å². The Morgan fingerprint density at radius 2 is 1.23 bits per heavy atom. The molecule has 0 radical (unpaired) electrons. The maximum absolute atomic E-state index is 14.5. The first-order chi connectivity index (χ1) is 18.8. The second kappa shape index (κ2) is 10.3. The molecule has 0 saturated heterocycles. The number of hydrogen-bond donors (Lipinski definition) is 1. The fourth-order valence-electron chi connectivity index (χ4n) is 6.26. The summed E-state index contributed by atoms with van der Waals surface area (Å²) in [5, 5.41) is 34.5. The van der Waals surface area contributed by atoms with Gasteiger partial charge in [0.25, 0.3) is 0 Å². The van der Waals surface area contributed by atoms with E-state index in [1.165, 1.54) is 0 Å². The molecular weight excluding hydrogens is 480 g/mol. The fraction of sp³-hybridized carbons (Fsp3) is 0.229. The van der Waals surface area contributed by atoms with Crippen molar-refractivity contribution >= 4 is 5.78 Å². The topological polar surface area (TPSA) is 84.9 Å². The van der Waals surface area contributed by atoms with Gasteiger partial charge in [0.1, 0.15) is 5.60 Å². The number of nitriles is 2. The van der Waals surface area contributed by atoms with E-state index < -0.39 is 28.8 Å². The number of benzene rings is 4. The van der Waals surface area contributed by atoms with Gasteiger partial charge in [-0.1, -0.05) is 120 Å². The highest BCUT2D eigenvalue weighted by Gasteiger charge is 2.64. The summed E-state index contributed by atoms with van der Waals surface area (Å²) in [6.45, 7) is 3.95. The fourth-order valence-corrected chi connectivity index (χ4v) is 6.26. The number of rotatable bonds is 5. The Labute approximate surface area is 229 Å². The van der Waals surface area contributed by atoms with Crippen LogP contribution in [0.4, 0.5) is 0 Å². The van der Waals surface area contributed by atoms with Gasteiger partial charge < -0.3 is 5.11 Å². The zero-order valence-electron chi connectivity index (χ0n) is 22.1. The van der Waals surface area contributed by atoms with Crippen LogP contribution in [0, 0.1) is 47.8 Å². The van der Waals surface area contributed by atoms with Crippen LogP contribution in [0.2, 0.25) is 0 Å². The Bertz CT molecular complexity index is 1530. The second-order valence-corrected chi connectivity index (χ2v) is 10.6. The summed E-state index contributed by atoms with van der Waals surface area (Å²) in [6, 6.07) is 38.3. The van der Waals surface area contributed by atoms with Crippen LogP contribution in [0.25, 0.3) is 0 Å². The molecule has 0 heterocycles. The smallest absolute Gasteiger partial charge is 0.169 e. The van der Waals surface area contributed by atoms with Gasteiger partial charge in [0, 0.05) is 17.4 Å². The van der Waals surface area contributed by atoms with Crippen LogP contribution >= 0.6 is 0 Å². The van der Waals surface area contributed by atoms with Crippen LogP contribution in [-0.2, 0) is 5.60 Å². The monoisotopic (exact) mass is 510 g/mol. The predicted molar refractivity (Wildman–Crippen MR) is 151 cm³/mol. The van der Waals surface area contributed by atoms with Crippen molar-refractivity contribution < 1.29 is 9.90 Å². The third-order valence-electron chi connectivity index (χ3n) is 8.30. The molecule has 0 aliphatic heterocycles. The van der Waals surface area contributed by atoms with Crippen LogP contribution in [0.1, 0.15) is 56.4 Å². The first-order valence-electron chi connectivity index (χ1n) is 13.2. The molecule has 1 saturated carbocycles. The van der Waals surface area contributed by atoms with E-state index >= 15 is 0 Å². The van der Waals surface area contributed by atoms with Crippen molar-refractivity contribution in [1.29, 1.82) is 10.5 Å². The average Bonchev–Trinajstić information content (AvgIpc) is 2.98. The predicted octanol–water partition coefficient (Wildman–Crippen LogP) is 7.00. The lowest BCUT2D eigenvalue weighted by Gasteiger charge is -2.53. The summed E-state index contributed by atoms with van der Waals surface area (Å²) >= 11 is 0. The summed E-state index contributed by atoms with van der Waals surface area (Å²) in [4.78, 5) is 14.5. The molecule has 4 heteroatoms. The molecule has 4 aromatic rings. The van der Waals surface area contributed by atoms with Crippen LogP contribution in [0.5, 0.6) is 0 Å². The van der Waals surface area contributed by atoms with Crippen LogP contribution in [0.15, 0.2) is 109 Å². The van der Waals surface area contributed by atoms with Crippen LogP contribution in [0.3, 0.4) is 0 Å². The Morgan fingerprint density at radius 1 is 0.744 bits per heavy atom. The number of nitrogens with zero attached hydrogens (tertiary/aromatic N) is 2. The van der Waals surface area contributed by atoms with E-state index in [-0.39, 0.29) is 12.2 Å². The van der Waals surface area contributed by atoms with Crippen molar-refractivity contribution in [2.45, 2.75) is 37.7 Å². The van der Waals surface area contributed by atoms with Crippen molar-refractivity contribution in [3.8, 4) is 12.1 Å². The van der Waals surface area contributed by atoms with E-state index in [1.807, 2.05) is 98.8 Å². The molecule has 4 atom stereocenters. The van der Waals surface area contributed by atoms with E-state index in [0.717, 1.165) is 16.7 Å². The number of aliphatic hydroxyl groups is 1. The number of carbonyl (C=O) groups excluding carboxylic acids is 1. The molecule has 4 aromatic carbocycles. The molecule has 0 aromatic heterocycles. The Kier molecular flexibility index (Phi) is 6.92. The minimum absolute atomic E-state index is 0.0484. The number of hydrogen-bond acceptors (Lipinski definition) is 4. The second-order valence-electron chi connectivity index (χ2n) is 10.6. The molecule has 0 spiro atoms. The first kappa shape index (κ1) is 26.1. The molecule has 1 N–H and O–H groups in total. The number of carbonyl (C=O) groups is 1. The Hall–Kier alpha value is -4.51. The van der Waals surface area contributed by atoms with Gasteiger partial charge in [0.15, 0.2) is 11.2 Å². The molecule has 4 nitrogen and oxygen atoms in total. The third-order valence-corrected chi connectivity index (χ3v) is 8.30. The number of Topliss-reactive ketones (excluding diaryl/α,β-unsaturated/α-hetero) is 1. The van der Waals surface area contributed by atoms with Gasteiger partial charge in [-0.05, 0) is 37.0 Å². The van der Waals surface area contributed by atoms with E-state index in [9.17, 15) is 20.4 Å². The maximum Gasteiger partial charge on any atom is 0.169 e. The quantitative estimate of drug-likeness (QED) is 0.293. The highest BCUT2D eigenvalue weighted by molar-refractivity contribution is 5.99. The van der Waals surface area contributed by atoms with Gasteiger partial charge in [-0.2, -0.15) is 10.5 Å². The molecule has 1 aliphatic rings. The van der Waals surface area contributed by atoms with Crippen molar-refractivity contribution in [3.05, 3.63) is 143 Å². The SMILES string of the molecule is Cc1ccc([C@H]2C[C@@](O)(c3ccccc3)[C@H](C(=O)c3ccccc3)[C@H](c3ccc(C)cc3)C2(C#N)C#N)cc1. The molecule has 1 aliphatic carbocycles. The molecule has 0 amide bonds. The van der Waals surface area contributed by atoms with Gasteiger partial charge in [-0.15, -0.1) is 0 Å². The van der Waals surface area contributed by atoms with Crippen molar-refractivity contribution in [1.82, 2.24) is 0 Å². The summed E-state index contributed by atoms with van der Waals surface area (Å²) < 4.78 is 0. The van der Waals surface area contributed by atoms with Crippen molar-refractivity contribution in [2.24, 2.45) is 11.3 Å². The average molecular weight is 511 g/mol. The van der Waals surface area contributed by atoms with Gasteiger partial charge in [0.2, 0.25) is 0 Å². The molecule has 0 unspecified atom stereocenters. The van der Waals surface area contributed by atoms with E-state index in [0.29, 0.717) is 16.7 Å². The van der Waals surface area contributed by atoms with Crippen molar-refractivity contribution in [3.63, 3.8) is 0 Å². The van der Waals surface area contributed by atoms with E-state index in [1.54, 1.807) is 24.3 Å². The van der Waals surface area contributed by atoms with Gasteiger partial charge in [-0.25, -0.2) is 0 Å². The summed E-state index contributed by atoms with van der Waals surface area (Å²) in [5.74, 6) is -2.91. The van der Waals surface area contributed by atoms with E-state index in [2.05, 4.69) is 12.1 Å². The molecule has 5 rings (SSSR count). The molecular formula is C35H30N2O2. The Morgan fingerprint density at radius 3 is 1.74 bits per heavy atom. The molecule has 39 heavy (non-hydrogen) atoms. The highest BCUT2D eigenvalue weighted by Crippen LogP contribution is 2.63. The normalized spacial score (nSPS) is 23.8. The highest BCUT2D eigenvalue weighted by atomic mass is 16.3. The van der Waals surface area contributed by atoms with Gasteiger partial charge in [0.05, 0.1) is 18.1 Å². The number of aryl methyl sites for hydroxylation is 2. The zero-order valence-corrected chi connectivity index (χ0v) is 22.1. The number of ketones is 1. The first-order valence-corrected chi connectivity index (χ1v) is 13.2. The van der Waals surface area contributed by atoms with Crippen molar-refractivity contribution in [2.75, 3.05) is 0 Å². The molecule has 192 valence electrons. The van der Waals surface area contributed by atoms with Crippen LogP contribution in [-0.4, -0.2) is 10.9 Å². The lowest BCUT2D eigenvalue weighted by Crippen LogP contribution is -2.55. The molecule has 1 fully saturated rings. The lowest BCUT2D eigenvalue weighted by atomic mass is 9.48. The summed E-state index contributed by atoms with van der Waals surface area (Å²) in [5.41, 5.74) is 1.33.